The zero-order valence-corrected chi connectivity index (χ0v) is 17.9. The van der Waals surface area contributed by atoms with Gasteiger partial charge in [-0.2, -0.15) is 0 Å². The number of carbonyl (C=O) groups is 2. The predicted octanol–water partition coefficient (Wildman–Crippen LogP) is 4.30. The van der Waals surface area contributed by atoms with Crippen molar-refractivity contribution in [2.75, 3.05) is 13.7 Å². The van der Waals surface area contributed by atoms with E-state index in [1.807, 2.05) is 12.1 Å². The number of ether oxygens (including phenoxy) is 1. The Hall–Kier alpha value is -1.76. The summed E-state index contributed by atoms with van der Waals surface area (Å²) in [5.74, 6) is -0.203. The summed E-state index contributed by atoms with van der Waals surface area (Å²) in [5.41, 5.74) is 0.852. The molecule has 0 unspecified atom stereocenters. The van der Waals surface area contributed by atoms with E-state index < -0.39 is 6.04 Å². The van der Waals surface area contributed by atoms with Crippen LogP contribution in [0.15, 0.2) is 46.9 Å². The number of carbonyl (C=O) groups excluding carboxylic acids is 2. The first-order valence-corrected chi connectivity index (χ1v) is 9.70. The Morgan fingerprint density at radius 2 is 1.85 bits per heavy atom. The minimum absolute atomic E-state index is 0.240. The summed E-state index contributed by atoms with van der Waals surface area (Å²) in [4.78, 5) is 26.3. The molecule has 0 bridgehead atoms. The molecular weight excluding hydrogens is 455 g/mol. The van der Waals surface area contributed by atoms with Gasteiger partial charge in [0.1, 0.15) is 11.8 Å². The van der Waals surface area contributed by atoms with Gasteiger partial charge in [0.25, 0.3) is 5.91 Å². The molecule has 2 rings (SSSR count). The molecule has 1 atom stereocenters. The van der Waals surface area contributed by atoms with Gasteiger partial charge in [-0.05, 0) is 42.8 Å². The van der Waals surface area contributed by atoms with Crippen LogP contribution in [0.3, 0.4) is 0 Å². The summed E-state index contributed by atoms with van der Waals surface area (Å²) in [6, 6.07) is 11.6. The quantitative estimate of drug-likeness (QED) is 0.652. The van der Waals surface area contributed by atoms with E-state index in [1.165, 1.54) is 11.9 Å². The van der Waals surface area contributed by atoms with Crippen molar-refractivity contribution >= 4 is 50.9 Å². The van der Waals surface area contributed by atoms with E-state index in [4.69, 9.17) is 27.9 Å². The van der Waals surface area contributed by atoms with Crippen LogP contribution in [-0.2, 0) is 16.1 Å². The Bertz CT molecular complexity index is 815. The first kappa shape index (κ1) is 21.5. The summed E-state index contributed by atoms with van der Waals surface area (Å²) in [6.07, 6.45) is 0. The maximum atomic E-state index is 12.8. The number of amides is 2. The molecular formula is C19H19BrCl2N2O3. The molecule has 2 aromatic rings. The lowest BCUT2D eigenvalue weighted by Gasteiger charge is -2.28. The Morgan fingerprint density at radius 1 is 1.19 bits per heavy atom. The SMILES string of the molecule is CNC(=O)[C@H](C)N(Cc1ccc(Cl)cc1)C(=O)COc1ccc(Br)cc1Cl. The van der Waals surface area contributed by atoms with Gasteiger partial charge >= 0.3 is 0 Å². The molecule has 5 nitrogen and oxygen atoms in total. The van der Waals surface area contributed by atoms with E-state index in [-0.39, 0.29) is 25.0 Å². The minimum Gasteiger partial charge on any atom is -0.482 e. The highest BCUT2D eigenvalue weighted by atomic mass is 79.9. The molecule has 0 aliphatic heterocycles. The number of hydrogen-bond donors (Lipinski definition) is 1. The number of halogens is 3. The third kappa shape index (κ3) is 6.13. The Morgan fingerprint density at radius 3 is 2.44 bits per heavy atom. The second-order valence-electron chi connectivity index (χ2n) is 5.80. The molecule has 0 spiro atoms. The summed E-state index contributed by atoms with van der Waals surface area (Å²) >= 11 is 15.3. The van der Waals surface area contributed by atoms with Crippen LogP contribution < -0.4 is 10.1 Å². The molecule has 0 aliphatic carbocycles. The van der Waals surface area contributed by atoms with E-state index in [2.05, 4.69) is 21.2 Å². The van der Waals surface area contributed by atoms with E-state index in [0.29, 0.717) is 15.8 Å². The van der Waals surface area contributed by atoms with Crippen molar-refractivity contribution in [3.63, 3.8) is 0 Å². The molecule has 8 heteroatoms. The van der Waals surface area contributed by atoms with Crippen molar-refractivity contribution in [3.05, 3.63) is 62.5 Å². The van der Waals surface area contributed by atoms with Crippen LogP contribution in [0, 0.1) is 0 Å². The number of hydrogen-bond acceptors (Lipinski definition) is 3. The van der Waals surface area contributed by atoms with Gasteiger partial charge in [-0.1, -0.05) is 51.3 Å². The normalized spacial score (nSPS) is 11.6. The van der Waals surface area contributed by atoms with Crippen molar-refractivity contribution in [2.24, 2.45) is 0 Å². The fourth-order valence-corrected chi connectivity index (χ4v) is 3.25. The first-order valence-electron chi connectivity index (χ1n) is 8.15. The first-order chi connectivity index (χ1) is 12.8. The molecule has 0 radical (unpaired) electrons. The molecule has 0 fully saturated rings. The van der Waals surface area contributed by atoms with Gasteiger partial charge in [-0.15, -0.1) is 0 Å². The predicted molar refractivity (Wildman–Crippen MR) is 110 cm³/mol. The lowest BCUT2D eigenvalue weighted by Crippen LogP contribution is -2.48. The van der Waals surface area contributed by atoms with E-state index in [9.17, 15) is 9.59 Å². The molecule has 2 amide bonds. The van der Waals surface area contributed by atoms with Crippen molar-refractivity contribution in [2.45, 2.75) is 19.5 Å². The van der Waals surface area contributed by atoms with Crippen LogP contribution in [0.4, 0.5) is 0 Å². The highest BCUT2D eigenvalue weighted by Crippen LogP contribution is 2.27. The zero-order valence-electron chi connectivity index (χ0n) is 14.8. The monoisotopic (exact) mass is 472 g/mol. The summed E-state index contributed by atoms with van der Waals surface area (Å²) < 4.78 is 6.37. The van der Waals surface area contributed by atoms with Crippen LogP contribution in [0.5, 0.6) is 5.75 Å². The van der Waals surface area contributed by atoms with Crippen LogP contribution >= 0.6 is 39.1 Å². The van der Waals surface area contributed by atoms with Gasteiger partial charge in [0.2, 0.25) is 5.91 Å². The maximum Gasteiger partial charge on any atom is 0.261 e. The average molecular weight is 474 g/mol. The third-order valence-corrected chi connectivity index (χ3v) is 4.97. The van der Waals surface area contributed by atoms with Gasteiger partial charge < -0.3 is 15.0 Å². The fraction of sp³-hybridized carbons (Fsp3) is 0.263. The molecule has 27 heavy (non-hydrogen) atoms. The van der Waals surface area contributed by atoms with E-state index in [0.717, 1.165) is 10.0 Å². The van der Waals surface area contributed by atoms with Gasteiger partial charge in [0.05, 0.1) is 5.02 Å². The highest BCUT2D eigenvalue weighted by Gasteiger charge is 2.26. The van der Waals surface area contributed by atoms with Crippen LogP contribution in [0.1, 0.15) is 12.5 Å². The number of nitrogens with one attached hydrogen (secondary N) is 1. The second-order valence-corrected chi connectivity index (χ2v) is 7.56. The third-order valence-electron chi connectivity index (χ3n) is 3.92. The highest BCUT2D eigenvalue weighted by molar-refractivity contribution is 9.10. The van der Waals surface area contributed by atoms with Gasteiger partial charge in [-0.25, -0.2) is 0 Å². The molecule has 0 heterocycles. The number of rotatable bonds is 7. The average Bonchev–Trinajstić information content (AvgIpc) is 2.65. The van der Waals surface area contributed by atoms with Crippen molar-refractivity contribution in [1.29, 1.82) is 0 Å². The van der Waals surface area contributed by atoms with Gasteiger partial charge in [-0.3, -0.25) is 9.59 Å². The number of likely N-dealkylation sites (N-methyl/N-ethyl adjacent to an activating group) is 1. The standard InChI is InChI=1S/C19H19BrCl2N2O3/c1-12(19(26)23-2)24(10-13-3-6-15(21)7-4-13)18(25)11-27-17-8-5-14(20)9-16(17)22/h3-9,12H,10-11H2,1-2H3,(H,23,26)/t12-/m0/s1. The molecule has 0 aliphatic rings. The molecule has 0 saturated carbocycles. The largest absolute Gasteiger partial charge is 0.482 e. The van der Waals surface area contributed by atoms with Crippen LogP contribution in [-0.4, -0.2) is 36.4 Å². The maximum absolute atomic E-state index is 12.8. The lowest BCUT2D eigenvalue weighted by molar-refractivity contribution is -0.142. The Balaban J connectivity index is 2.14. The Labute approximate surface area is 176 Å². The summed E-state index contributed by atoms with van der Waals surface area (Å²) in [6.45, 7) is 1.68. The fourth-order valence-electron chi connectivity index (χ4n) is 2.39. The molecule has 2 aromatic carbocycles. The topological polar surface area (TPSA) is 58.6 Å². The summed E-state index contributed by atoms with van der Waals surface area (Å²) in [5, 5.41) is 3.55. The molecule has 0 saturated heterocycles. The molecule has 144 valence electrons. The Kier molecular flexibility index (Phi) is 7.95. The zero-order chi connectivity index (χ0) is 20.0. The second kappa shape index (κ2) is 9.97. The van der Waals surface area contributed by atoms with E-state index >= 15 is 0 Å². The van der Waals surface area contributed by atoms with E-state index in [1.54, 1.807) is 37.3 Å². The lowest BCUT2D eigenvalue weighted by atomic mass is 10.1. The molecule has 1 N–H and O–H groups in total. The smallest absolute Gasteiger partial charge is 0.261 e. The van der Waals surface area contributed by atoms with Gasteiger partial charge in [0, 0.05) is 23.1 Å². The van der Waals surface area contributed by atoms with Crippen molar-refractivity contribution < 1.29 is 14.3 Å². The number of nitrogens with zero attached hydrogens (tertiary/aromatic N) is 1. The van der Waals surface area contributed by atoms with Crippen molar-refractivity contribution in [1.82, 2.24) is 10.2 Å². The summed E-state index contributed by atoms with van der Waals surface area (Å²) in [7, 11) is 1.53. The molecule has 0 aromatic heterocycles. The van der Waals surface area contributed by atoms with Crippen LogP contribution in [0.25, 0.3) is 0 Å². The van der Waals surface area contributed by atoms with Gasteiger partial charge in [0.15, 0.2) is 6.61 Å². The van der Waals surface area contributed by atoms with Crippen LogP contribution in [0.2, 0.25) is 10.0 Å². The van der Waals surface area contributed by atoms with Crippen molar-refractivity contribution in [3.8, 4) is 5.75 Å². The minimum atomic E-state index is -0.665. The number of benzene rings is 2.